The molecule has 2 rings (SSSR count). The van der Waals surface area contributed by atoms with Gasteiger partial charge in [0.2, 0.25) is 0 Å². The highest BCUT2D eigenvalue weighted by Gasteiger charge is 2.21. The highest BCUT2D eigenvalue weighted by molar-refractivity contribution is 5.97. The SMILES string of the molecule is CCN(C)C(=O)c1cc(Cc2c(C(C)C)cc(C(C)C)cc2C(C)C)cc(C)c1O. The molecule has 0 bridgehead atoms. The van der Waals surface area contributed by atoms with Gasteiger partial charge in [-0.05, 0) is 77.5 Å². The van der Waals surface area contributed by atoms with Crippen molar-refractivity contribution in [2.75, 3.05) is 13.6 Å². The second kappa shape index (κ2) is 9.68. The number of benzene rings is 2. The first-order chi connectivity index (χ1) is 14.0. The highest BCUT2D eigenvalue weighted by Crippen LogP contribution is 2.35. The van der Waals surface area contributed by atoms with E-state index in [4.69, 9.17) is 0 Å². The van der Waals surface area contributed by atoms with Gasteiger partial charge in [0.15, 0.2) is 0 Å². The van der Waals surface area contributed by atoms with E-state index in [1.54, 1.807) is 11.9 Å². The van der Waals surface area contributed by atoms with Crippen molar-refractivity contribution >= 4 is 5.91 Å². The fraction of sp³-hybridized carbons (Fsp3) is 0.519. The molecule has 3 heteroatoms. The summed E-state index contributed by atoms with van der Waals surface area (Å²) in [4.78, 5) is 14.4. The molecule has 0 fully saturated rings. The first-order valence-corrected chi connectivity index (χ1v) is 11.2. The van der Waals surface area contributed by atoms with Gasteiger partial charge in [-0.15, -0.1) is 0 Å². The summed E-state index contributed by atoms with van der Waals surface area (Å²) in [7, 11) is 1.77. The van der Waals surface area contributed by atoms with Crippen LogP contribution in [-0.2, 0) is 6.42 Å². The topological polar surface area (TPSA) is 40.5 Å². The van der Waals surface area contributed by atoms with Crippen LogP contribution in [0.3, 0.4) is 0 Å². The van der Waals surface area contributed by atoms with Crippen LogP contribution in [0.25, 0.3) is 0 Å². The molecular weight excluding hydrogens is 370 g/mol. The Bertz CT molecular complexity index is 880. The first-order valence-electron chi connectivity index (χ1n) is 11.2. The normalized spacial score (nSPS) is 11.6. The number of carbonyl (C=O) groups excluding carboxylic acids is 1. The Hall–Kier alpha value is -2.29. The number of aromatic hydroxyl groups is 1. The molecule has 0 saturated heterocycles. The number of rotatable bonds is 7. The van der Waals surface area contributed by atoms with Crippen LogP contribution in [0.15, 0.2) is 24.3 Å². The Morgan fingerprint density at radius 2 is 1.47 bits per heavy atom. The van der Waals surface area contributed by atoms with Gasteiger partial charge in [-0.25, -0.2) is 0 Å². The lowest BCUT2D eigenvalue weighted by Crippen LogP contribution is -2.26. The molecule has 0 unspecified atom stereocenters. The second-order valence-electron chi connectivity index (χ2n) is 9.45. The molecule has 0 heterocycles. The summed E-state index contributed by atoms with van der Waals surface area (Å²) in [5.41, 5.74) is 7.72. The van der Waals surface area contributed by atoms with Crippen LogP contribution in [-0.4, -0.2) is 29.5 Å². The summed E-state index contributed by atoms with van der Waals surface area (Å²) in [5, 5.41) is 10.5. The summed E-state index contributed by atoms with van der Waals surface area (Å²) in [6.07, 6.45) is 0.761. The third-order valence-corrected chi connectivity index (χ3v) is 6.04. The summed E-state index contributed by atoms with van der Waals surface area (Å²) in [5.74, 6) is 1.28. The van der Waals surface area contributed by atoms with Gasteiger partial charge in [-0.1, -0.05) is 59.7 Å². The quantitative estimate of drug-likeness (QED) is 0.549. The Kier molecular flexibility index (Phi) is 7.74. The van der Waals surface area contributed by atoms with Crippen molar-refractivity contribution in [3.8, 4) is 5.75 Å². The van der Waals surface area contributed by atoms with Gasteiger partial charge in [-0.3, -0.25) is 4.79 Å². The summed E-state index contributed by atoms with van der Waals surface area (Å²) in [6, 6.07) is 8.62. The molecule has 2 aromatic rings. The van der Waals surface area contributed by atoms with E-state index in [2.05, 4.69) is 53.7 Å². The largest absolute Gasteiger partial charge is 0.507 e. The van der Waals surface area contributed by atoms with Gasteiger partial charge < -0.3 is 10.0 Å². The van der Waals surface area contributed by atoms with Crippen LogP contribution in [0, 0.1) is 6.92 Å². The fourth-order valence-electron chi connectivity index (χ4n) is 3.98. The summed E-state index contributed by atoms with van der Waals surface area (Å²) >= 11 is 0. The number of phenolic OH excluding ortho intramolecular Hbond substituents is 1. The molecule has 2 aromatic carbocycles. The Morgan fingerprint density at radius 3 is 1.90 bits per heavy atom. The maximum Gasteiger partial charge on any atom is 0.257 e. The van der Waals surface area contributed by atoms with Crippen LogP contribution in [0.2, 0.25) is 0 Å². The van der Waals surface area contributed by atoms with E-state index in [9.17, 15) is 9.90 Å². The summed E-state index contributed by atoms with van der Waals surface area (Å²) in [6.45, 7) is 17.9. The Balaban J connectivity index is 2.64. The molecule has 0 spiro atoms. The number of aryl methyl sites for hydroxylation is 1. The number of phenols is 1. The van der Waals surface area contributed by atoms with E-state index in [0.29, 0.717) is 29.9 Å². The highest BCUT2D eigenvalue weighted by atomic mass is 16.3. The van der Waals surface area contributed by atoms with E-state index in [1.807, 2.05) is 26.0 Å². The minimum atomic E-state index is -0.136. The van der Waals surface area contributed by atoms with Gasteiger partial charge in [0.05, 0.1) is 5.56 Å². The molecule has 0 aromatic heterocycles. The maximum atomic E-state index is 12.8. The summed E-state index contributed by atoms with van der Waals surface area (Å²) < 4.78 is 0. The zero-order valence-electron chi connectivity index (χ0n) is 20.3. The monoisotopic (exact) mass is 409 g/mol. The third kappa shape index (κ3) is 5.06. The molecule has 0 aliphatic rings. The van der Waals surface area contributed by atoms with Crippen molar-refractivity contribution in [3.63, 3.8) is 0 Å². The van der Waals surface area contributed by atoms with Crippen molar-refractivity contribution in [3.05, 3.63) is 63.2 Å². The van der Waals surface area contributed by atoms with E-state index in [1.165, 1.54) is 22.3 Å². The average Bonchev–Trinajstić information content (AvgIpc) is 2.68. The number of carbonyl (C=O) groups is 1. The lowest BCUT2D eigenvalue weighted by Gasteiger charge is -2.24. The van der Waals surface area contributed by atoms with Gasteiger partial charge in [0.1, 0.15) is 5.75 Å². The van der Waals surface area contributed by atoms with Crippen LogP contribution >= 0.6 is 0 Å². The molecule has 0 saturated carbocycles. The molecule has 0 radical (unpaired) electrons. The van der Waals surface area contributed by atoms with E-state index in [0.717, 1.165) is 17.5 Å². The van der Waals surface area contributed by atoms with Crippen molar-refractivity contribution in [2.45, 2.75) is 79.6 Å². The van der Waals surface area contributed by atoms with Crippen LogP contribution in [0.4, 0.5) is 0 Å². The average molecular weight is 410 g/mol. The zero-order valence-corrected chi connectivity index (χ0v) is 20.3. The molecule has 30 heavy (non-hydrogen) atoms. The van der Waals surface area contributed by atoms with Crippen molar-refractivity contribution < 1.29 is 9.90 Å². The molecule has 0 aliphatic heterocycles. The molecule has 1 amide bonds. The molecule has 0 atom stereocenters. The minimum Gasteiger partial charge on any atom is -0.507 e. The molecule has 3 nitrogen and oxygen atoms in total. The van der Waals surface area contributed by atoms with Crippen LogP contribution in [0.1, 0.15) is 110 Å². The number of hydrogen-bond acceptors (Lipinski definition) is 2. The smallest absolute Gasteiger partial charge is 0.257 e. The third-order valence-electron chi connectivity index (χ3n) is 6.04. The van der Waals surface area contributed by atoms with E-state index < -0.39 is 0 Å². The first kappa shape index (κ1) is 24.0. The minimum absolute atomic E-state index is 0.0902. The van der Waals surface area contributed by atoms with Gasteiger partial charge in [0.25, 0.3) is 5.91 Å². The number of amides is 1. The number of hydrogen-bond donors (Lipinski definition) is 1. The molecule has 0 aliphatic carbocycles. The molecule has 1 N–H and O–H groups in total. The predicted octanol–water partition coefficient (Wildman–Crippen LogP) is 6.75. The van der Waals surface area contributed by atoms with Crippen molar-refractivity contribution in [1.82, 2.24) is 4.90 Å². The standard InChI is InChI=1S/C27H39NO2/c1-10-28(9)27(30)25-13-20(11-19(8)26(25)29)12-24-22(17(4)5)14-21(16(2)3)15-23(24)18(6)7/h11,13-18,29H,10,12H2,1-9H3. The maximum absolute atomic E-state index is 12.8. The fourth-order valence-corrected chi connectivity index (χ4v) is 3.98. The lowest BCUT2D eigenvalue weighted by molar-refractivity contribution is 0.0799. The molecular formula is C27H39NO2. The lowest BCUT2D eigenvalue weighted by atomic mass is 9.82. The Morgan fingerprint density at radius 1 is 0.933 bits per heavy atom. The van der Waals surface area contributed by atoms with Gasteiger partial charge in [-0.2, -0.15) is 0 Å². The van der Waals surface area contributed by atoms with E-state index in [-0.39, 0.29) is 11.7 Å². The van der Waals surface area contributed by atoms with Crippen LogP contribution < -0.4 is 0 Å². The van der Waals surface area contributed by atoms with Crippen molar-refractivity contribution in [1.29, 1.82) is 0 Å². The second-order valence-corrected chi connectivity index (χ2v) is 9.45. The Labute approximate surface area is 183 Å². The molecule has 164 valence electrons. The van der Waals surface area contributed by atoms with Crippen LogP contribution in [0.5, 0.6) is 5.75 Å². The van der Waals surface area contributed by atoms with Crippen molar-refractivity contribution in [2.24, 2.45) is 0 Å². The van der Waals surface area contributed by atoms with E-state index >= 15 is 0 Å². The van der Waals surface area contributed by atoms with Gasteiger partial charge >= 0.3 is 0 Å². The number of nitrogens with zero attached hydrogens (tertiary/aromatic N) is 1. The zero-order chi connectivity index (χ0) is 22.7. The predicted molar refractivity (Wildman–Crippen MR) is 127 cm³/mol. The van der Waals surface area contributed by atoms with Gasteiger partial charge in [0, 0.05) is 13.6 Å².